The number of pyridine rings is 4. The molecular weight excluding hydrogens is 805 g/mol. The number of esters is 2. The largest absolute Gasteiger partial charge is 0.458 e. The first-order valence-corrected chi connectivity index (χ1v) is 19.0. The number of benzene rings is 2. The Kier molecular flexibility index (Phi) is 9.61. The maximum Gasteiger partial charge on any atom is 0.342 e. The summed E-state index contributed by atoms with van der Waals surface area (Å²) in [5.41, 5.74) is -3.19. The molecular formula is C40H32F4N4O8S2. The molecule has 8 heterocycles. The second-order valence-electron chi connectivity index (χ2n) is 13.6. The number of aliphatic hydroxyl groups is 2. The first-order chi connectivity index (χ1) is 28.4. The van der Waals surface area contributed by atoms with Crippen molar-refractivity contribution in [3.05, 3.63) is 126 Å². The van der Waals surface area contributed by atoms with E-state index in [4.69, 9.17) is 12.2 Å². The molecule has 0 bridgehead atoms. The lowest BCUT2D eigenvalue weighted by Gasteiger charge is -2.29. The smallest absolute Gasteiger partial charge is 0.342 e. The molecule has 18 heteroatoms. The Hall–Kier alpha value is -5.56. The fourth-order valence-corrected chi connectivity index (χ4v) is 7.28. The summed E-state index contributed by atoms with van der Waals surface area (Å²) < 4.78 is 84.9. The Balaban J connectivity index is 0.000000168. The van der Waals surface area contributed by atoms with Crippen molar-refractivity contribution in [1.82, 2.24) is 19.1 Å². The number of cyclic esters (lactones) is 2. The molecule has 0 radical (unpaired) electrons. The summed E-state index contributed by atoms with van der Waals surface area (Å²) in [5.74, 6) is -6.27. The van der Waals surface area contributed by atoms with Crippen LogP contribution in [0.25, 0.3) is 44.6 Å². The van der Waals surface area contributed by atoms with Gasteiger partial charge in [-0.25, -0.2) is 37.1 Å². The summed E-state index contributed by atoms with van der Waals surface area (Å²) in [7, 11) is 0. The maximum atomic E-state index is 14.3. The van der Waals surface area contributed by atoms with Gasteiger partial charge in [0.05, 0.1) is 55.3 Å². The zero-order valence-corrected chi connectivity index (χ0v) is 32.6. The average Bonchev–Trinajstić information content (AvgIpc) is 3.80. The molecule has 2 N–H and O–H groups in total. The molecule has 0 unspecified atom stereocenters. The van der Waals surface area contributed by atoms with E-state index in [0.29, 0.717) is 11.3 Å². The second-order valence-corrected chi connectivity index (χ2v) is 13.6. The number of ether oxygens (including phenoxy) is 2. The highest BCUT2D eigenvalue weighted by Crippen LogP contribution is 2.39. The van der Waals surface area contributed by atoms with Gasteiger partial charge in [0.25, 0.3) is 11.1 Å². The number of aromatic nitrogens is 4. The van der Waals surface area contributed by atoms with Gasteiger partial charge < -0.3 is 28.8 Å². The molecule has 10 rings (SSSR count). The highest BCUT2D eigenvalue weighted by atomic mass is 32.1. The summed E-state index contributed by atoms with van der Waals surface area (Å²) in [6.45, 7) is 1.88. The number of carbonyl (C=O) groups excluding carboxylic acids is 2. The van der Waals surface area contributed by atoms with Crippen molar-refractivity contribution in [2.75, 3.05) is 12.5 Å². The molecule has 4 aliphatic heterocycles. The fraction of sp³-hybridized carbons (Fsp3) is 0.250. The minimum atomic E-state index is -2.02. The molecule has 6 aromatic rings. The molecule has 58 heavy (non-hydrogen) atoms. The molecule has 12 nitrogen and oxygen atoms in total. The zero-order chi connectivity index (χ0) is 43.9. The normalized spacial score (nSPS) is 19.5. The third-order valence-corrected chi connectivity index (χ3v) is 10.2. The van der Waals surface area contributed by atoms with E-state index in [1.165, 1.54) is 47.2 Å². The van der Waals surface area contributed by atoms with Crippen LogP contribution in [0.1, 0.15) is 50.0 Å². The average molecular weight is 841 g/mol. The third-order valence-electron chi connectivity index (χ3n) is 10.2. The number of halogens is 4. The Morgan fingerprint density at radius 2 is 1.17 bits per heavy atom. The van der Waals surface area contributed by atoms with Crippen LogP contribution in [0.2, 0.25) is 0 Å². The summed E-state index contributed by atoms with van der Waals surface area (Å²) in [5, 5.41) is 20.9. The SMILES string of the molecule is CS.CS.[3H]c1c2c(nc3c(F)c(F)ccc13)-c1cc3c(c(=O)n1C2)COC(=O)[C@@]3(C)O.[3H]c1c2c(nc3ccc(F)c(F)c13)-c1cc3c(c(=O)n1C2)COC(=O)[C@@]3(C)O. The van der Waals surface area contributed by atoms with Crippen molar-refractivity contribution in [3.8, 4) is 22.8 Å². The lowest BCUT2D eigenvalue weighted by atomic mass is 9.90. The van der Waals surface area contributed by atoms with Crippen molar-refractivity contribution in [3.63, 3.8) is 0 Å². The molecule has 0 fully saturated rings. The summed E-state index contributed by atoms with van der Waals surface area (Å²) in [4.78, 5) is 58.2. The minimum absolute atomic E-state index is 0.0215. The molecule has 0 saturated carbocycles. The Morgan fingerprint density at radius 3 is 1.71 bits per heavy atom. The number of fused-ring (bicyclic) bond motifs is 10. The number of carbonyl (C=O) groups is 2. The van der Waals surface area contributed by atoms with Crippen LogP contribution < -0.4 is 11.1 Å². The van der Waals surface area contributed by atoms with Crippen molar-refractivity contribution in [1.29, 1.82) is 0 Å². The molecule has 2 atom stereocenters. The number of hydrogen-bond donors (Lipinski definition) is 4. The molecule has 2 aromatic carbocycles. The standard InChI is InChI=1S/2C19H12F2N2O4.2CH4S/c1-19(26)11-5-14-16-8(4-9-13(22-16)3-2-12(20)15(9)21)6-23(14)17(24)10(11)7-27-18(19)25;1-19(26)11-5-13-15-9(4-8-2-3-12(20)14(21)16(8)22-15)6-23(13)17(24)10(11)7-27-18(19)25;2*1-2/h2*2-5,26H,6-7H2,1H3;2*2H,1H3/t2*19-;;/m00../s1/i2*4T;;. The Morgan fingerprint density at radius 1 is 0.707 bits per heavy atom. The highest BCUT2D eigenvalue weighted by Gasteiger charge is 2.44. The van der Waals surface area contributed by atoms with Crippen LogP contribution in [-0.4, -0.2) is 53.8 Å². The van der Waals surface area contributed by atoms with Crippen LogP contribution >= 0.6 is 25.3 Å². The van der Waals surface area contributed by atoms with Gasteiger partial charge >= 0.3 is 11.9 Å². The van der Waals surface area contributed by atoms with E-state index >= 15 is 0 Å². The Labute approximate surface area is 339 Å². The molecule has 300 valence electrons. The van der Waals surface area contributed by atoms with Gasteiger partial charge in [-0.05, 0) is 74.8 Å². The number of nitrogens with zero attached hydrogens (tertiary/aromatic N) is 4. The predicted molar refractivity (Wildman–Crippen MR) is 209 cm³/mol. The van der Waals surface area contributed by atoms with E-state index in [1.54, 1.807) is 12.5 Å². The molecule has 0 amide bonds. The number of hydrogen-bond acceptors (Lipinski definition) is 12. The van der Waals surface area contributed by atoms with Crippen LogP contribution in [0, 0.1) is 23.3 Å². The topological polar surface area (TPSA) is 163 Å². The van der Waals surface area contributed by atoms with E-state index in [1.807, 2.05) is 0 Å². The maximum absolute atomic E-state index is 14.3. The third kappa shape index (κ3) is 6.08. The first kappa shape index (κ1) is 38.0. The zero-order valence-electron chi connectivity index (χ0n) is 32.8. The van der Waals surface area contributed by atoms with Crippen LogP contribution in [0.5, 0.6) is 0 Å². The monoisotopic (exact) mass is 840 g/mol. The summed E-state index contributed by atoms with van der Waals surface area (Å²) in [6, 6.07) is 6.98. The van der Waals surface area contributed by atoms with Gasteiger partial charge in [0.2, 0.25) is 0 Å². The van der Waals surface area contributed by atoms with Gasteiger partial charge in [0.15, 0.2) is 34.5 Å². The predicted octanol–water partition coefficient (Wildman–Crippen LogP) is 5.03. The fourth-order valence-electron chi connectivity index (χ4n) is 7.28. The van der Waals surface area contributed by atoms with Gasteiger partial charge in [-0.1, -0.05) is 0 Å². The van der Waals surface area contributed by atoms with Gasteiger partial charge in [-0.15, -0.1) is 0 Å². The van der Waals surface area contributed by atoms with E-state index in [-0.39, 0.29) is 105 Å². The van der Waals surface area contributed by atoms with Crippen molar-refractivity contribution >= 4 is 59.0 Å². The number of thiol groups is 2. The van der Waals surface area contributed by atoms with Crippen LogP contribution in [0.15, 0.2) is 58.1 Å². The highest BCUT2D eigenvalue weighted by molar-refractivity contribution is 7.79. The molecule has 0 saturated heterocycles. The van der Waals surface area contributed by atoms with E-state index in [9.17, 15) is 47.0 Å². The molecule has 0 aliphatic carbocycles. The van der Waals surface area contributed by atoms with E-state index in [0.717, 1.165) is 12.1 Å². The van der Waals surface area contributed by atoms with E-state index in [2.05, 4.69) is 35.2 Å². The lowest BCUT2D eigenvalue weighted by molar-refractivity contribution is -0.170. The minimum Gasteiger partial charge on any atom is -0.458 e. The van der Waals surface area contributed by atoms with E-state index < -0.39 is 57.5 Å². The summed E-state index contributed by atoms with van der Waals surface area (Å²) >= 11 is 7.06. The second kappa shape index (κ2) is 14.7. The van der Waals surface area contributed by atoms with Crippen molar-refractivity contribution in [2.45, 2.75) is 51.4 Å². The van der Waals surface area contributed by atoms with Crippen molar-refractivity contribution in [2.24, 2.45) is 0 Å². The van der Waals surface area contributed by atoms with Crippen LogP contribution in [-0.2, 0) is 56.6 Å². The molecule has 4 aliphatic rings. The van der Waals surface area contributed by atoms with Gasteiger partial charge in [0, 0.05) is 33.0 Å². The molecule has 4 aromatic heterocycles. The number of rotatable bonds is 0. The first-order valence-electron chi connectivity index (χ1n) is 18.2. The van der Waals surface area contributed by atoms with Crippen LogP contribution in [0.4, 0.5) is 17.6 Å². The summed E-state index contributed by atoms with van der Waals surface area (Å²) in [6.07, 6.45) is 3.39. The van der Waals surface area contributed by atoms with Gasteiger partial charge in [-0.2, -0.15) is 25.3 Å². The quantitative estimate of drug-likeness (QED) is 0.0927. The van der Waals surface area contributed by atoms with Crippen molar-refractivity contribution < 1.29 is 49.6 Å². The van der Waals surface area contributed by atoms with Gasteiger partial charge in [0.1, 0.15) is 18.7 Å². The lowest BCUT2D eigenvalue weighted by Crippen LogP contribution is -2.42. The van der Waals surface area contributed by atoms with Gasteiger partial charge in [-0.3, -0.25) is 9.59 Å². The molecule has 0 spiro atoms. The Bertz CT molecular complexity index is 3010. The van der Waals surface area contributed by atoms with Crippen LogP contribution in [0.3, 0.4) is 0 Å².